The van der Waals surface area contributed by atoms with Gasteiger partial charge in [0.25, 0.3) is 0 Å². The summed E-state index contributed by atoms with van der Waals surface area (Å²) in [4.78, 5) is 21.4. The van der Waals surface area contributed by atoms with Gasteiger partial charge in [-0.25, -0.2) is 4.79 Å². The maximum atomic E-state index is 10.9. The molecule has 0 radical (unpaired) electrons. The monoisotopic (exact) mass is 180 g/mol. The molecule has 0 atom stereocenters. The van der Waals surface area contributed by atoms with E-state index in [1.807, 2.05) is 0 Å². The van der Waals surface area contributed by atoms with Crippen LogP contribution in [0.2, 0.25) is 0 Å². The number of ketones is 1. The van der Waals surface area contributed by atoms with Gasteiger partial charge in [-0.1, -0.05) is 12.1 Å². The lowest BCUT2D eigenvalue weighted by molar-refractivity contribution is 0.0697. The Morgan fingerprint density at radius 2 is 1.85 bits per heavy atom. The van der Waals surface area contributed by atoms with Crippen LogP contribution in [0, 0.1) is 0 Å². The van der Waals surface area contributed by atoms with E-state index in [4.69, 9.17) is 10.2 Å². The molecule has 13 heavy (non-hydrogen) atoms. The van der Waals surface area contributed by atoms with Crippen LogP contribution in [0.4, 0.5) is 0 Å². The van der Waals surface area contributed by atoms with Crippen molar-refractivity contribution in [3.8, 4) is 0 Å². The zero-order valence-corrected chi connectivity index (χ0v) is 6.73. The minimum Gasteiger partial charge on any atom is -0.478 e. The normalized spacial score (nSPS) is 9.62. The van der Waals surface area contributed by atoms with E-state index in [1.165, 1.54) is 24.3 Å². The van der Waals surface area contributed by atoms with Crippen molar-refractivity contribution < 1.29 is 19.8 Å². The summed E-state index contributed by atoms with van der Waals surface area (Å²) in [5.74, 6) is -1.57. The third-order valence-corrected chi connectivity index (χ3v) is 1.58. The van der Waals surface area contributed by atoms with Crippen molar-refractivity contribution in [2.75, 3.05) is 6.61 Å². The summed E-state index contributed by atoms with van der Waals surface area (Å²) in [5, 5.41) is 17.1. The molecule has 0 aliphatic carbocycles. The van der Waals surface area contributed by atoms with Gasteiger partial charge in [-0.3, -0.25) is 4.79 Å². The third kappa shape index (κ3) is 2.13. The van der Waals surface area contributed by atoms with Crippen molar-refractivity contribution in [2.45, 2.75) is 0 Å². The molecule has 0 aliphatic heterocycles. The van der Waals surface area contributed by atoms with Gasteiger partial charge >= 0.3 is 5.97 Å². The van der Waals surface area contributed by atoms with Crippen LogP contribution in [0.25, 0.3) is 0 Å². The average molecular weight is 180 g/mol. The van der Waals surface area contributed by atoms with Crippen molar-refractivity contribution in [1.82, 2.24) is 0 Å². The molecule has 1 aromatic carbocycles. The number of carboxylic acids is 1. The van der Waals surface area contributed by atoms with Crippen LogP contribution in [0.1, 0.15) is 20.7 Å². The molecule has 0 bridgehead atoms. The minimum absolute atomic E-state index is 0.0410. The van der Waals surface area contributed by atoms with E-state index in [1.54, 1.807) is 0 Å². The third-order valence-electron chi connectivity index (χ3n) is 1.58. The largest absolute Gasteiger partial charge is 0.478 e. The molecule has 4 nitrogen and oxygen atoms in total. The zero-order chi connectivity index (χ0) is 9.84. The van der Waals surface area contributed by atoms with Crippen molar-refractivity contribution in [3.63, 3.8) is 0 Å². The number of aliphatic hydroxyl groups excluding tert-OH is 1. The molecule has 0 aliphatic rings. The van der Waals surface area contributed by atoms with Crippen molar-refractivity contribution in [2.24, 2.45) is 0 Å². The van der Waals surface area contributed by atoms with Crippen molar-refractivity contribution in [1.29, 1.82) is 0 Å². The number of benzene rings is 1. The van der Waals surface area contributed by atoms with E-state index < -0.39 is 18.4 Å². The molecule has 2 N–H and O–H groups in total. The van der Waals surface area contributed by atoms with Crippen LogP contribution >= 0.6 is 0 Å². The number of aliphatic hydroxyl groups is 1. The van der Waals surface area contributed by atoms with Gasteiger partial charge in [0, 0.05) is 5.56 Å². The van der Waals surface area contributed by atoms with Gasteiger partial charge < -0.3 is 10.2 Å². The fourth-order valence-electron chi connectivity index (χ4n) is 0.917. The molecule has 0 saturated carbocycles. The highest BCUT2D eigenvalue weighted by atomic mass is 16.4. The second-order valence-electron chi connectivity index (χ2n) is 2.47. The zero-order valence-electron chi connectivity index (χ0n) is 6.73. The van der Waals surface area contributed by atoms with Gasteiger partial charge in [0.05, 0.1) is 5.56 Å². The van der Waals surface area contributed by atoms with Crippen LogP contribution in [0.3, 0.4) is 0 Å². The number of hydrogen-bond donors (Lipinski definition) is 2. The van der Waals surface area contributed by atoms with Crippen molar-refractivity contribution >= 4 is 11.8 Å². The Kier molecular flexibility index (Phi) is 2.76. The van der Waals surface area contributed by atoms with E-state index in [-0.39, 0.29) is 11.1 Å². The SMILES string of the molecule is O=C(O)c1cccc(C(=O)CO)c1. The second kappa shape index (κ2) is 3.82. The van der Waals surface area contributed by atoms with E-state index in [0.717, 1.165) is 0 Å². The van der Waals surface area contributed by atoms with Crippen LogP contribution < -0.4 is 0 Å². The first-order chi connectivity index (χ1) is 6.15. The minimum atomic E-state index is -1.09. The maximum Gasteiger partial charge on any atom is 0.335 e. The van der Waals surface area contributed by atoms with Gasteiger partial charge in [0.15, 0.2) is 5.78 Å². The van der Waals surface area contributed by atoms with E-state index >= 15 is 0 Å². The van der Waals surface area contributed by atoms with Crippen LogP contribution in [-0.2, 0) is 0 Å². The Balaban J connectivity index is 3.05. The summed E-state index contributed by atoms with van der Waals surface area (Å²) in [6.07, 6.45) is 0. The highest BCUT2D eigenvalue weighted by Crippen LogP contribution is 2.05. The predicted molar refractivity (Wildman–Crippen MR) is 44.8 cm³/mol. The van der Waals surface area contributed by atoms with Gasteiger partial charge in [0.1, 0.15) is 6.61 Å². The first kappa shape index (κ1) is 9.41. The van der Waals surface area contributed by atoms with E-state index in [2.05, 4.69) is 0 Å². The number of Topliss-reactive ketones (excluding diaryl/α,β-unsaturated/α-hetero) is 1. The Morgan fingerprint density at radius 3 is 2.38 bits per heavy atom. The molecule has 0 spiro atoms. The predicted octanol–water partition coefficient (Wildman–Crippen LogP) is 0.560. The topological polar surface area (TPSA) is 74.6 Å². The molecule has 1 aromatic rings. The Labute approximate surface area is 74.4 Å². The van der Waals surface area contributed by atoms with Crippen LogP contribution in [-0.4, -0.2) is 28.6 Å². The standard InChI is InChI=1S/C9H8O4/c10-5-8(11)6-2-1-3-7(4-6)9(12)13/h1-4,10H,5H2,(H,12,13). The maximum absolute atomic E-state index is 10.9. The van der Waals surface area contributed by atoms with Crippen LogP contribution in [0.5, 0.6) is 0 Å². The lowest BCUT2D eigenvalue weighted by atomic mass is 10.1. The molecule has 0 fully saturated rings. The van der Waals surface area contributed by atoms with Crippen LogP contribution in [0.15, 0.2) is 24.3 Å². The average Bonchev–Trinajstić information content (AvgIpc) is 2.17. The Hall–Kier alpha value is -1.68. The smallest absolute Gasteiger partial charge is 0.335 e. The molecule has 68 valence electrons. The molecule has 0 heterocycles. The molecule has 0 saturated heterocycles. The van der Waals surface area contributed by atoms with E-state index in [0.29, 0.717) is 0 Å². The molecule has 0 aromatic heterocycles. The van der Waals surface area contributed by atoms with Gasteiger partial charge in [-0.2, -0.15) is 0 Å². The van der Waals surface area contributed by atoms with Crippen molar-refractivity contribution in [3.05, 3.63) is 35.4 Å². The fraction of sp³-hybridized carbons (Fsp3) is 0.111. The lowest BCUT2D eigenvalue weighted by Crippen LogP contribution is -2.06. The summed E-state index contributed by atoms with van der Waals surface area (Å²) in [6, 6.07) is 5.55. The molecule has 4 heteroatoms. The lowest BCUT2D eigenvalue weighted by Gasteiger charge is -1.98. The number of carboxylic acid groups (broad SMARTS) is 1. The first-order valence-corrected chi connectivity index (χ1v) is 3.62. The summed E-state index contributed by atoms with van der Waals surface area (Å²) in [6.45, 7) is -0.608. The molecule has 0 amide bonds. The first-order valence-electron chi connectivity index (χ1n) is 3.62. The molecular weight excluding hydrogens is 172 g/mol. The number of aromatic carboxylic acids is 1. The number of carbonyl (C=O) groups is 2. The Bertz CT molecular complexity index is 343. The Morgan fingerprint density at radius 1 is 1.23 bits per heavy atom. The van der Waals surface area contributed by atoms with Gasteiger partial charge in [-0.15, -0.1) is 0 Å². The summed E-state index contributed by atoms with van der Waals surface area (Å²) < 4.78 is 0. The van der Waals surface area contributed by atoms with Gasteiger partial charge in [0.2, 0.25) is 0 Å². The highest BCUT2D eigenvalue weighted by molar-refractivity contribution is 5.99. The summed E-state index contributed by atoms with van der Waals surface area (Å²) in [5.41, 5.74) is 0.252. The number of rotatable bonds is 3. The summed E-state index contributed by atoms with van der Waals surface area (Å²) >= 11 is 0. The quantitative estimate of drug-likeness (QED) is 0.666. The fourth-order valence-corrected chi connectivity index (χ4v) is 0.917. The summed E-state index contributed by atoms with van der Waals surface area (Å²) in [7, 11) is 0. The molecule has 0 unspecified atom stereocenters. The number of carbonyl (C=O) groups excluding carboxylic acids is 1. The van der Waals surface area contributed by atoms with E-state index in [9.17, 15) is 9.59 Å². The van der Waals surface area contributed by atoms with Gasteiger partial charge in [-0.05, 0) is 12.1 Å². The molecular formula is C9H8O4. The highest BCUT2D eigenvalue weighted by Gasteiger charge is 2.07. The number of hydrogen-bond acceptors (Lipinski definition) is 3. The molecule has 1 rings (SSSR count). The second-order valence-corrected chi connectivity index (χ2v) is 2.47.